The minimum absolute atomic E-state index is 0.142. The number of nitrogens with two attached hydrogens (primary N) is 2. The molecule has 0 spiro atoms. The Balaban J connectivity index is 2.58. The molecule has 0 aliphatic rings. The van der Waals surface area contributed by atoms with Crippen LogP contribution in [0.15, 0.2) is 45.5 Å². The average molecular weight is 353 g/mol. The first-order valence-corrected chi connectivity index (χ1v) is 7.59. The molecule has 0 aromatic heterocycles. The minimum atomic E-state index is -4.75. The van der Waals surface area contributed by atoms with Crippen molar-refractivity contribution in [3.8, 4) is 5.75 Å². The zero-order valence-electron chi connectivity index (χ0n) is 11.8. The Morgan fingerprint density at radius 1 is 1.08 bits per heavy atom. The largest absolute Gasteiger partial charge is 0.501 e. The summed E-state index contributed by atoms with van der Waals surface area (Å²) in [6.07, 6.45) is 0. The van der Waals surface area contributed by atoms with Gasteiger partial charge in [0.1, 0.15) is 16.3 Å². The molecule has 0 heterocycles. The third kappa shape index (κ3) is 3.56. The number of hydrogen-bond donors (Lipinski definition) is 4. The van der Waals surface area contributed by atoms with Gasteiger partial charge in [-0.2, -0.15) is 8.42 Å². The Kier molecular flexibility index (Phi) is 4.35. The van der Waals surface area contributed by atoms with Crippen LogP contribution in [0.4, 0.5) is 28.4 Å². The summed E-state index contributed by atoms with van der Waals surface area (Å²) in [6.45, 7) is 0. The number of nitrogen functional groups attached to an aromatic ring is 2. The first kappa shape index (κ1) is 17.1. The molecule has 0 saturated carbocycles. The number of hydrogen-bond acceptors (Lipinski definition) is 9. The quantitative estimate of drug-likeness (QED) is 0.211. The zero-order valence-corrected chi connectivity index (χ0v) is 12.6. The Hall–Kier alpha value is -3.25. The second-order valence-corrected chi connectivity index (χ2v) is 5.98. The molecule has 0 saturated heterocycles. The normalized spacial score (nSPS) is 11.7. The smallest absolute Gasteiger partial charge is 0.314 e. The molecule has 0 aliphatic carbocycles. The molecule has 6 N–H and O–H groups in total. The number of benzene rings is 2. The van der Waals surface area contributed by atoms with Gasteiger partial charge in [0.25, 0.3) is 10.1 Å². The van der Waals surface area contributed by atoms with Gasteiger partial charge >= 0.3 is 5.69 Å². The van der Waals surface area contributed by atoms with Crippen molar-refractivity contribution in [1.82, 2.24) is 0 Å². The lowest BCUT2D eigenvalue weighted by Gasteiger charge is -2.04. The molecule has 2 rings (SSSR count). The Morgan fingerprint density at radius 2 is 1.71 bits per heavy atom. The lowest BCUT2D eigenvalue weighted by molar-refractivity contribution is -0.386. The van der Waals surface area contributed by atoms with Crippen molar-refractivity contribution in [3.05, 3.63) is 40.4 Å². The van der Waals surface area contributed by atoms with E-state index in [1.807, 2.05) is 0 Å². The number of rotatable bonds is 4. The highest BCUT2D eigenvalue weighted by Crippen LogP contribution is 2.39. The van der Waals surface area contributed by atoms with Gasteiger partial charge in [-0.05, 0) is 24.3 Å². The second-order valence-electron chi connectivity index (χ2n) is 4.56. The van der Waals surface area contributed by atoms with Gasteiger partial charge in [0.05, 0.1) is 10.6 Å². The summed E-state index contributed by atoms with van der Waals surface area (Å²) >= 11 is 0. The fourth-order valence-corrected chi connectivity index (χ4v) is 2.24. The summed E-state index contributed by atoms with van der Waals surface area (Å²) in [6, 6.07) is 5.51. The summed E-state index contributed by atoms with van der Waals surface area (Å²) in [4.78, 5) is 9.04. The van der Waals surface area contributed by atoms with E-state index in [2.05, 4.69) is 10.2 Å². The molecule has 2 aromatic rings. The Labute approximate surface area is 135 Å². The third-order valence-electron chi connectivity index (χ3n) is 2.85. The second kappa shape index (κ2) is 6.10. The van der Waals surface area contributed by atoms with Gasteiger partial charge in [0.15, 0.2) is 0 Å². The molecule has 0 atom stereocenters. The average Bonchev–Trinajstić information content (AvgIpc) is 2.46. The van der Waals surface area contributed by atoms with Gasteiger partial charge in [-0.25, -0.2) is 0 Å². The molecule has 0 radical (unpaired) electrons. The monoisotopic (exact) mass is 353 g/mol. The lowest BCUT2D eigenvalue weighted by Crippen LogP contribution is -1.99. The van der Waals surface area contributed by atoms with E-state index in [0.29, 0.717) is 11.8 Å². The van der Waals surface area contributed by atoms with Crippen LogP contribution in [0.2, 0.25) is 0 Å². The molecule has 0 aliphatic heterocycles. The van der Waals surface area contributed by atoms with Crippen molar-refractivity contribution in [3.63, 3.8) is 0 Å². The van der Waals surface area contributed by atoms with Crippen LogP contribution in [0.5, 0.6) is 5.75 Å². The molecule has 12 heteroatoms. The first-order chi connectivity index (χ1) is 11.1. The van der Waals surface area contributed by atoms with Gasteiger partial charge in [-0.3, -0.25) is 14.7 Å². The molecule has 126 valence electrons. The number of nitrogens with zero attached hydrogens (tertiary/aromatic N) is 3. The highest BCUT2D eigenvalue weighted by molar-refractivity contribution is 7.85. The minimum Gasteiger partial charge on any atom is -0.501 e. The van der Waals surface area contributed by atoms with Crippen molar-refractivity contribution in [2.45, 2.75) is 4.90 Å². The molecule has 11 nitrogen and oxygen atoms in total. The summed E-state index contributed by atoms with van der Waals surface area (Å²) in [5.74, 6) is -0.912. The van der Waals surface area contributed by atoms with Crippen molar-refractivity contribution in [1.29, 1.82) is 0 Å². The maximum atomic E-state index is 11.2. The highest BCUT2D eigenvalue weighted by atomic mass is 32.2. The van der Waals surface area contributed by atoms with E-state index >= 15 is 0 Å². The van der Waals surface area contributed by atoms with Crippen LogP contribution in [0, 0.1) is 10.1 Å². The molecule has 0 amide bonds. The number of phenolic OH excluding ortho intramolecular Hbond substituents is 1. The van der Waals surface area contributed by atoms with Gasteiger partial charge in [0.2, 0.25) is 5.75 Å². The molecular formula is C12H11N5O6S. The summed E-state index contributed by atoms with van der Waals surface area (Å²) < 4.78 is 31.4. The van der Waals surface area contributed by atoms with Crippen molar-refractivity contribution in [2.24, 2.45) is 10.2 Å². The summed E-state index contributed by atoms with van der Waals surface area (Å²) in [7, 11) is -4.75. The van der Waals surface area contributed by atoms with Crippen LogP contribution in [0.1, 0.15) is 0 Å². The highest BCUT2D eigenvalue weighted by Gasteiger charge is 2.24. The van der Waals surface area contributed by atoms with E-state index in [1.54, 1.807) is 0 Å². The van der Waals surface area contributed by atoms with E-state index < -0.39 is 37.1 Å². The van der Waals surface area contributed by atoms with E-state index in [4.69, 9.17) is 16.0 Å². The van der Waals surface area contributed by atoms with E-state index in [1.165, 1.54) is 18.2 Å². The number of anilines is 2. The number of aromatic hydroxyl groups is 1. The van der Waals surface area contributed by atoms with Crippen LogP contribution in [-0.4, -0.2) is 23.0 Å². The Bertz CT molecular complexity index is 957. The Morgan fingerprint density at radius 3 is 2.25 bits per heavy atom. The third-order valence-corrected chi connectivity index (χ3v) is 3.69. The van der Waals surface area contributed by atoms with Crippen LogP contribution in [-0.2, 0) is 10.1 Å². The number of azo groups is 1. The van der Waals surface area contributed by atoms with E-state index in [9.17, 15) is 23.6 Å². The topological polar surface area (TPSA) is 194 Å². The molecule has 0 bridgehead atoms. The predicted octanol–water partition coefficient (Wildman–Crippen LogP) is 2.13. The van der Waals surface area contributed by atoms with Crippen LogP contribution >= 0.6 is 0 Å². The van der Waals surface area contributed by atoms with Crippen molar-refractivity contribution >= 4 is 38.6 Å². The molecule has 24 heavy (non-hydrogen) atoms. The number of nitro groups is 1. The van der Waals surface area contributed by atoms with Crippen LogP contribution in [0.3, 0.4) is 0 Å². The van der Waals surface area contributed by atoms with E-state index in [0.717, 1.165) is 6.07 Å². The number of nitro benzene ring substituents is 1. The number of phenols is 1. The first-order valence-electron chi connectivity index (χ1n) is 6.15. The fourth-order valence-electron chi connectivity index (χ4n) is 1.72. The standard InChI is InChI=1S/C12H11N5O6S/c13-6-1-2-9(8(14)3-6)15-16-10-4-7(24(21,22)23)5-11(12(10)18)17(19)20/h1-5,18H,13-14H2,(H,21,22,23). The van der Waals surface area contributed by atoms with Crippen molar-refractivity contribution in [2.75, 3.05) is 11.5 Å². The molecular weight excluding hydrogens is 342 g/mol. The predicted molar refractivity (Wildman–Crippen MR) is 84.0 cm³/mol. The van der Waals surface area contributed by atoms with Crippen molar-refractivity contribution < 1.29 is 23.0 Å². The lowest BCUT2D eigenvalue weighted by atomic mass is 10.2. The summed E-state index contributed by atoms with van der Waals surface area (Å²) in [5, 5.41) is 27.9. The van der Waals surface area contributed by atoms with Gasteiger partial charge < -0.3 is 16.6 Å². The maximum Gasteiger partial charge on any atom is 0.314 e. The fraction of sp³-hybridized carbons (Fsp3) is 0. The zero-order chi connectivity index (χ0) is 18.1. The molecule has 2 aromatic carbocycles. The van der Waals surface area contributed by atoms with Gasteiger partial charge in [-0.1, -0.05) is 0 Å². The summed E-state index contributed by atoms with van der Waals surface area (Å²) in [5.41, 5.74) is 10.4. The van der Waals surface area contributed by atoms with E-state index in [-0.39, 0.29) is 11.4 Å². The maximum absolute atomic E-state index is 11.2. The SMILES string of the molecule is Nc1ccc(N=Nc2cc(S(=O)(=O)O)cc([N+](=O)[O-])c2O)c(N)c1. The van der Waals surface area contributed by atoms with Gasteiger partial charge in [0, 0.05) is 11.8 Å². The molecule has 0 fully saturated rings. The molecule has 0 unspecified atom stereocenters. The van der Waals surface area contributed by atoms with Crippen LogP contribution < -0.4 is 11.5 Å². The van der Waals surface area contributed by atoms with Gasteiger partial charge in [-0.15, -0.1) is 10.2 Å². The van der Waals surface area contributed by atoms with Crippen LogP contribution in [0.25, 0.3) is 0 Å².